The first-order chi connectivity index (χ1) is 10.2. The van der Waals surface area contributed by atoms with E-state index in [1.807, 2.05) is 0 Å². The van der Waals surface area contributed by atoms with E-state index >= 15 is 0 Å². The molecule has 1 aliphatic carbocycles. The lowest BCUT2D eigenvalue weighted by Gasteiger charge is -2.27. The van der Waals surface area contributed by atoms with Crippen molar-refractivity contribution in [3.63, 3.8) is 0 Å². The summed E-state index contributed by atoms with van der Waals surface area (Å²) < 4.78 is 0. The molecule has 0 spiro atoms. The van der Waals surface area contributed by atoms with Crippen molar-refractivity contribution in [2.24, 2.45) is 5.92 Å². The second-order valence-corrected chi connectivity index (χ2v) is 6.34. The third-order valence-electron chi connectivity index (χ3n) is 4.74. The van der Waals surface area contributed by atoms with Gasteiger partial charge in [0.05, 0.1) is 0 Å². The van der Waals surface area contributed by atoms with Crippen LogP contribution in [-0.2, 0) is 0 Å². The largest absolute Gasteiger partial charge is 0.368 e. The molecule has 2 heterocycles. The molecule has 0 aromatic carbocycles. The summed E-state index contributed by atoms with van der Waals surface area (Å²) in [4.78, 5) is 15.4. The van der Waals surface area contributed by atoms with Crippen LogP contribution in [0.3, 0.4) is 0 Å². The van der Waals surface area contributed by atoms with Crippen LogP contribution in [0, 0.1) is 5.92 Å². The zero-order valence-electron chi connectivity index (χ0n) is 12.9. The number of nitrogens with two attached hydrogens (primary N) is 1. The van der Waals surface area contributed by atoms with Gasteiger partial charge in [0, 0.05) is 19.1 Å². The number of anilines is 3. The molecular formula is C15H26N6. The van der Waals surface area contributed by atoms with E-state index in [1.54, 1.807) is 0 Å². The Kier molecular flexibility index (Phi) is 4.41. The minimum absolute atomic E-state index is 0.312. The van der Waals surface area contributed by atoms with Gasteiger partial charge in [0.1, 0.15) is 0 Å². The van der Waals surface area contributed by atoms with Crippen LogP contribution in [0.5, 0.6) is 0 Å². The number of hydrogen-bond acceptors (Lipinski definition) is 6. The van der Waals surface area contributed by atoms with Crippen LogP contribution in [-0.4, -0.2) is 34.1 Å². The fourth-order valence-corrected chi connectivity index (χ4v) is 3.46. The summed E-state index contributed by atoms with van der Waals surface area (Å²) in [5, 5.41) is 3.44. The van der Waals surface area contributed by atoms with E-state index < -0.39 is 0 Å². The molecule has 0 bridgehead atoms. The Morgan fingerprint density at radius 3 is 2.48 bits per heavy atom. The quantitative estimate of drug-likeness (QED) is 0.886. The standard InChI is InChI=1S/C15H26N6/c1-11(12-7-3-4-8-12)17-14-18-13(16)19-15(20-14)21-9-5-2-6-10-21/h11-12H,2-10H2,1H3,(H3,16,17,18,19,20). The SMILES string of the molecule is CC(Nc1nc(N)nc(N2CCCCC2)n1)C1CCCC1. The summed E-state index contributed by atoms with van der Waals surface area (Å²) in [6, 6.07) is 0.392. The van der Waals surface area contributed by atoms with E-state index in [-0.39, 0.29) is 0 Å². The third-order valence-corrected chi connectivity index (χ3v) is 4.74. The van der Waals surface area contributed by atoms with Crippen LogP contribution in [0.25, 0.3) is 0 Å². The maximum atomic E-state index is 5.87. The van der Waals surface area contributed by atoms with Gasteiger partial charge in [-0.15, -0.1) is 0 Å². The Balaban J connectivity index is 1.70. The molecule has 6 heteroatoms. The van der Waals surface area contributed by atoms with Crippen LogP contribution in [0.15, 0.2) is 0 Å². The van der Waals surface area contributed by atoms with Gasteiger partial charge in [0.2, 0.25) is 17.8 Å². The van der Waals surface area contributed by atoms with Crippen molar-refractivity contribution in [3.8, 4) is 0 Å². The second-order valence-electron chi connectivity index (χ2n) is 6.34. The van der Waals surface area contributed by atoms with Crippen LogP contribution in [0.4, 0.5) is 17.8 Å². The first-order valence-corrected chi connectivity index (χ1v) is 8.25. The normalized spacial score (nSPS) is 21.5. The zero-order chi connectivity index (χ0) is 14.7. The van der Waals surface area contributed by atoms with Gasteiger partial charge in [-0.25, -0.2) is 0 Å². The maximum Gasteiger partial charge on any atom is 0.231 e. The van der Waals surface area contributed by atoms with Gasteiger partial charge in [-0.1, -0.05) is 12.8 Å². The Morgan fingerprint density at radius 1 is 1.05 bits per heavy atom. The molecule has 1 aromatic rings. The monoisotopic (exact) mass is 290 g/mol. The van der Waals surface area contributed by atoms with Gasteiger partial charge in [-0.3, -0.25) is 0 Å². The minimum Gasteiger partial charge on any atom is -0.368 e. The fourth-order valence-electron chi connectivity index (χ4n) is 3.46. The van der Waals surface area contributed by atoms with Gasteiger partial charge in [0.25, 0.3) is 0 Å². The van der Waals surface area contributed by atoms with Crippen molar-refractivity contribution in [3.05, 3.63) is 0 Å². The van der Waals surface area contributed by atoms with Crippen LogP contribution >= 0.6 is 0 Å². The van der Waals surface area contributed by atoms with E-state index in [9.17, 15) is 0 Å². The van der Waals surface area contributed by atoms with E-state index in [0.29, 0.717) is 17.9 Å². The summed E-state index contributed by atoms with van der Waals surface area (Å²) in [7, 11) is 0. The van der Waals surface area contributed by atoms with E-state index in [0.717, 1.165) is 25.0 Å². The molecule has 1 unspecified atom stereocenters. The molecule has 2 aliphatic rings. The molecule has 3 N–H and O–H groups in total. The summed E-state index contributed by atoms with van der Waals surface area (Å²) >= 11 is 0. The van der Waals surface area contributed by atoms with Crippen molar-refractivity contribution < 1.29 is 0 Å². The minimum atomic E-state index is 0.312. The molecular weight excluding hydrogens is 264 g/mol. The predicted octanol–water partition coefficient (Wildman–Crippen LogP) is 2.43. The molecule has 0 radical (unpaired) electrons. The Labute approximate surface area is 126 Å². The lowest BCUT2D eigenvalue weighted by Crippen LogP contribution is -2.32. The molecule has 1 aromatic heterocycles. The number of aromatic nitrogens is 3. The van der Waals surface area contributed by atoms with E-state index in [4.69, 9.17) is 5.73 Å². The van der Waals surface area contributed by atoms with Crippen LogP contribution < -0.4 is 16.0 Å². The number of nitrogens with one attached hydrogen (secondary N) is 1. The topological polar surface area (TPSA) is 80.0 Å². The van der Waals surface area contributed by atoms with Crippen molar-refractivity contribution in [2.75, 3.05) is 29.0 Å². The smallest absolute Gasteiger partial charge is 0.231 e. The molecule has 0 amide bonds. The van der Waals surface area contributed by atoms with Crippen molar-refractivity contribution >= 4 is 17.8 Å². The molecule has 1 saturated carbocycles. The Morgan fingerprint density at radius 2 is 1.76 bits per heavy atom. The highest BCUT2D eigenvalue weighted by Crippen LogP contribution is 2.29. The summed E-state index contributed by atoms with van der Waals surface area (Å²) in [5.41, 5.74) is 5.87. The number of piperidine rings is 1. The van der Waals surface area contributed by atoms with Gasteiger partial charge in [-0.2, -0.15) is 15.0 Å². The van der Waals surface area contributed by atoms with Crippen LogP contribution in [0.2, 0.25) is 0 Å². The highest BCUT2D eigenvalue weighted by atomic mass is 15.3. The molecule has 2 fully saturated rings. The summed E-state index contributed by atoms with van der Waals surface area (Å²) in [6.45, 7) is 4.25. The first kappa shape index (κ1) is 14.4. The fraction of sp³-hybridized carbons (Fsp3) is 0.800. The number of hydrogen-bond donors (Lipinski definition) is 2. The lowest BCUT2D eigenvalue weighted by atomic mass is 10.0. The molecule has 1 aliphatic heterocycles. The zero-order valence-corrected chi connectivity index (χ0v) is 12.9. The maximum absolute atomic E-state index is 5.87. The average Bonchev–Trinajstić information content (AvgIpc) is 3.02. The number of nitrogens with zero attached hydrogens (tertiary/aromatic N) is 4. The third kappa shape index (κ3) is 3.54. The average molecular weight is 290 g/mol. The van der Waals surface area contributed by atoms with Crippen molar-refractivity contribution in [1.82, 2.24) is 15.0 Å². The Bertz CT molecular complexity index is 465. The molecule has 1 atom stereocenters. The summed E-state index contributed by atoms with van der Waals surface area (Å²) in [6.07, 6.45) is 8.98. The van der Waals surface area contributed by atoms with Crippen molar-refractivity contribution in [1.29, 1.82) is 0 Å². The Hall–Kier alpha value is -1.59. The molecule has 1 saturated heterocycles. The van der Waals surface area contributed by atoms with Crippen LogP contribution in [0.1, 0.15) is 51.9 Å². The lowest BCUT2D eigenvalue weighted by molar-refractivity contribution is 0.479. The molecule has 6 nitrogen and oxygen atoms in total. The predicted molar refractivity (Wildman–Crippen MR) is 85.3 cm³/mol. The highest BCUT2D eigenvalue weighted by molar-refractivity contribution is 5.42. The van der Waals surface area contributed by atoms with Gasteiger partial charge in [0.15, 0.2) is 0 Å². The first-order valence-electron chi connectivity index (χ1n) is 8.25. The van der Waals surface area contributed by atoms with Gasteiger partial charge < -0.3 is 16.0 Å². The van der Waals surface area contributed by atoms with E-state index in [2.05, 4.69) is 32.1 Å². The molecule has 21 heavy (non-hydrogen) atoms. The molecule has 3 rings (SSSR count). The highest BCUT2D eigenvalue weighted by Gasteiger charge is 2.23. The number of rotatable bonds is 4. The van der Waals surface area contributed by atoms with E-state index in [1.165, 1.54) is 44.9 Å². The van der Waals surface area contributed by atoms with Gasteiger partial charge >= 0.3 is 0 Å². The summed E-state index contributed by atoms with van der Waals surface area (Å²) in [5.74, 6) is 2.39. The number of nitrogen functional groups attached to an aromatic ring is 1. The van der Waals surface area contributed by atoms with Crippen molar-refractivity contribution in [2.45, 2.75) is 57.9 Å². The molecule has 116 valence electrons. The second kappa shape index (κ2) is 6.45. The van der Waals surface area contributed by atoms with Gasteiger partial charge in [-0.05, 0) is 44.9 Å².